The summed E-state index contributed by atoms with van der Waals surface area (Å²) in [7, 11) is 0. The topological polar surface area (TPSA) is 97.0 Å². The van der Waals surface area contributed by atoms with E-state index in [0.717, 1.165) is 24.0 Å². The summed E-state index contributed by atoms with van der Waals surface area (Å²) >= 11 is 6.17. The Kier molecular flexibility index (Phi) is 11.3. The van der Waals surface area contributed by atoms with Crippen LogP contribution in [0.15, 0.2) is 79.4 Å². The number of carbonyl (C=O) groups excluding carboxylic acids is 3. The van der Waals surface area contributed by atoms with Crippen LogP contribution in [0.1, 0.15) is 65.0 Å². The summed E-state index contributed by atoms with van der Waals surface area (Å²) in [5.41, 5.74) is 0.456. The third-order valence-electron chi connectivity index (χ3n) is 9.36. The summed E-state index contributed by atoms with van der Waals surface area (Å²) < 4.78 is 25.5. The molecule has 266 valence electrons. The van der Waals surface area contributed by atoms with Crippen LogP contribution in [0.3, 0.4) is 0 Å². The fourth-order valence-electron chi connectivity index (χ4n) is 6.37. The number of nitrogens with zero attached hydrogens (tertiary/aromatic N) is 1. The van der Waals surface area contributed by atoms with E-state index < -0.39 is 34.9 Å². The van der Waals surface area contributed by atoms with Crippen LogP contribution >= 0.6 is 11.6 Å². The van der Waals surface area contributed by atoms with Gasteiger partial charge in [-0.15, -0.1) is 6.58 Å². The highest BCUT2D eigenvalue weighted by Gasteiger charge is 2.62. The minimum Gasteiger partial charge on any atom is -0.464 e. The Morgan fingerprint density at radius 1 is 1.06 bits per heavy atom. The van der Waals surface area contributed by atoms with Crippen molar-refractivity contribution in [2.75, 3.05) is 11.9 Å². The van der Waals surface area contributed by atoms with Gasteiger partial charge in [0.1, 0.15) is 34.9 Å². The van der Waals surface area contributed by atoms with Gasteiger partial charge < -0.3 is 25.0 Å². The van der Waals surface area contributed by atoms with Crippen LogP contribution in [0.4, 0.5) is 10.1 Å². The maximum atomic E-state index is 14.6. The molecule has 1 heterocycles. The first-order valence-electron chi connectivity index (χ1n) is 17.2. The summed E-state index contributed by atoms with van der Waals surface area (Å²) in [6.45, 7) is 14.3. The zero-order valence-electron chi connectivity index (χ0n) is 29.4. The van der Waals surface area contributed by atoms with Crippen molar-refractivity contribution < 1.29 is 28.2 Å². The number of anilines is 1. The van der Waals surface area contributed by atoms with Crippen LogP contribution in [0.2, 0.25) is 5.02 Å². The standard InChI is InChI=1S/C40H47ClFN3O5/c1-7-28-23-40(28,38(48)49-19-9-10-25(2)3)44-36(46)34-21-27-20-33(50-32-12-8-11-29(41)22-32)18-13-26(27)24-45(34)37(47)35(39(4,5)6)43-31-16-14-30(42)15-17-31/h7-8,11-18,20,22,25,28,34-35,43H,1,9-10,19,21,23-24H2,2-6H3,(H,44,46). The molecular weight excluding hydrogens is 657 g/mol. The Hall–Kier alpha value is -4.37. The van der Waals surface area contributed by atoms with E-state index in [1.54, 1.807) is 47.4 Å². The fraction of sp³-hybridized carbons (Fsp3) is 0.425. The molecule has 0 aromatic heterocycles. The van der Waals surface area contributed by atoms with Gasteiger partial charge in [-0.1, -0.05) is 64.4 Å². The second kappa shape index (κ2) is 15.3. The van der Waals surface area contributed by atoms with Gasteiger partial charge in [0.15, 0.2) is 0 Å². The van der Waals surface area contributed by atoms with Gasteiger partial charge in [0.05, 0.1) is 6.61 Å². The lowest BCUT2D eigenvalue weighted by Gasteiger charge is -2.41. The molecule has 8 nitrogen and oxygen atoms in total. The predicted molar refractivity (Wildman–Crippen MR) is 193 cm³/mol. The number of fused-ring (bicyclic) bond motifs is 1. The first-order chi connectivity index (χ1) is 23.7. The molecule has 3 aromatic carbocycles. The first-order valence-corrected chi connectivity index (χ1v) is 17.6. The maximum Gasteiger partial charge on any atom is 0.332 e. The third-order valence-corrected chi connectivity index (χ3v) is 9.60. The zero-order valence-corrected chi connectivity index (χ0v) is 30.2. The van der Waals surface area contributed by atoms with Crippen molar-refractivity contribution in [3.05, 3.63) is 101 Å². The summed E-state index contributed by atoms with van der Waals surface area (Å²) in [5, 5.41) is 6.84. The van der Waals surface area contributed by atoms with Gasteiger partial charge in [-0.2, -0.15) is 0 Å². The van der Waals surface area contributed by atoms with Crippen molar-refractivity contribution in [2.24, 2.45) is 17.3 Å². The SMILES string of the molecule is C=CC1CC1(NC(=O)C1Cc2cc(Oc3cccc(Cl)c3)ccc2CN1C(=O)C(Nc1ccc(F)cc1)C(C)(C)C)C(=O)OCCCC(C)C. The fourth-order valence-corrected chi connectivity index (χ4v) is 6.55. The molecule has 0 saturated heterocycles. The maximum absolute atomic E-state index is 14.6. The van der Waals surface area contributed by atoms with Crippen molar-refractivity contribution in [3.8, 4) is 11.5 Å². The lowest BCUT2D eigenvalue weighted by atomic mass is 9.84. The molecule has 1 fully saturated rings. The van der Waals surface area contributed by atoms with Gasteiger partial charge in [-0.25, -0.2) is 9.18 Å². The molecule has 1 saturated carbocycles. The largest absolute Gasteiger partial charge is 0.464 e. The molecule has 0 spiro atoms. The number of carbonyl (C=O) groups is 3. The Morgan fingerprint density at radius 3 is 2.42 bits per heavy atom. The van der Waals surface area contributed by atoms with Crippen molar-refractivity contribution in [2.45, 2.75) is 84.5 Å². The third kappa shape index (κ3) is 8.67. The van der Waals surface area contributed by atoms with E-state index in [4.69, 9.17) is 21.1 Å². The van der Waals surface area contributed by atoms with Crippen molar-refractivity contribution >= 4 is 35.1 Å². The number of rotatable bonds is 13. The van der Waals surface area contributed by atoms with E-state index in [1.165, 1.54) is 12.1 Å². The summed E-state index contributed by atoms with van der Waals surface area (Å²) in [6.07, 6.45) is 3.86. The molecule has 3 aromatic rings. The van der Waals surface area contributed by atoms with Crippen LogP contribution < -0.4 is 15.4 Å². The van der Waals surface area contributed by atoms with E-state index in [1.807, 2.05) is 39.0 Å². The van der Waals surface area contributed by atoms with Gasteiger partial charge in [0, 0.05) is 29.6 Å². The molecule has 10 heteroatoms. The van der Waals surface area contributed by atoms with E-state index >= 15 is 0 Å². The number of hydrogen-bond acceptors (Lipinski definition) is 6. The predicted octanol–water partition coefficient (Wildman–Crippen LogP) is 8.09. The van der Waals surface area contributed by atoms with Crippen LogP contribution in [0, 0.1) is 23.1 Å². The number of benzene rings is 3. The molecule has 1 aliphatic carbocycles. The quantitative estimate of drug-likeness (QED) is 0.106. The average molecular weight is 704 g/mol. The van der Waals surface area contributed by atoms with Crippen LogP contribution in [-0.4, -0.2) is 46.9 Å². The smallest absolute Gasteiger partial charge is 0.332 e. The van der Waals surface area contributed by atoms with Crippen LogP contribution in [0.25, 0.3) is 0 Å². The highest BCUT2D eigenvalue weighted by molar-refractivity contribution is 6.30. The molecular formula is C40H47ClFN3O5. The molecule has 4 unspecified atom stereocenters. The van der Waals surface area contributed by atoms with Crippen molar-refractivity contribution in [1.29, 1.82) is 0 Å². The van der Waals surface area contributed by atoms with E-state index in [-0.39, 0.29) is 37.2 Å². The normalized spacial score (nSPS) is 20.4. The lowest BCUT2D eigenvalue weighted by molar-refractivity contribution is -0.151. The molecule has 2 amide bonds. The average Bonchev–Trinajstić information content (AvgIpc) is 3.78. The highest BCUT2D eigenvalue weighted by atomic mass is 35.5. The van der Waals surface area contributed by atoms with Crippen LogP contribution in [-0.2, 0) is 32.1 Å². The van der Waals surface area contributed by atoms with E-state index in [9.17, 15) is 18.8 Å². The number of esters is 1. The molecule has 1 aliphatic heterocycles. The van der Waals surface area contributed by atoms with Gasteiger partial charge in [-0.05, 0) is 96.3 Å². The second-order valence-electron chi connectivity index (χ2n) is 14.8. The first kappa shape index (κ1) is 36.9. The number of ether oxygens (including phenoxy) is 2. The highest BCUT2D eigenvalue weighted by Crippen LogP contribution is 2.46. The molecule has 2 N–H and O–H groups in total. The molecule has 0 bridgehead atoms. The number of nitrogens with one attached hydrogen (secondary N) is 2. The summed E-state index contributed by atoms with van der Waals surface area (Å²) in [5.74, 6) is -0.310. The van der Waals surface area contributed by atoms with Gasteiger partial charge in [0.25, 0.3) is 0 Å². The summed E-state index contributed by atoms with van der Waals surface area (Å²) in [4.78, 5) is 44.0. The van der Waals surface area contributed by atoms with Crippen molar-refractivity contribution in [1.82, 2.24) is 10.2 Å². The van der Waals surface area contributed by atoms with Crippen molar-refractivity contribution in [3.63, 3.8) is 0 Å². The second-order valence-corrected chi connectivity index (χ2v) is 15.2. The summed E-state index contributed by atoms with van der Waals surface area (Å²) in [6, 6.07) is 16.8. The van der Waals surface area contributed by atoms with Gasteiger partial charge in [-0.3, -0.25) is 9.59 Å². The molecule has 4 atom stereocenters. The minimum absolute atomic E-state index is 0.152. The van der Waals surface area contributed by atoms with Gasteiger partial charge in [0.2, 0.25) is 11.8 Å². The zero-order chi connectivity index (χ0) is 36.2. The van der Waals surface area contributed by atoms with E-state index in [2.05, 4.69) is 31.1 Å². The van der Waals surface area contributed by atoms with Crippen LogP contribution in [0.5, 0.6) is 11.5 Å². The minimum atomic E-state index is -1.24. The lowest BCUT2D eigenvalue weighted by Crippen LogP contribution is -2.60. The molecule has 2 aliphatic rings. The molecule has 50 heavy (non-hydrogen) atoms. The number of halogens is 2. The monoisotopic (exact) mass is 703 g/mol. The molecule has 5 rings (SSSR count). The number of hydrogen-bond donors (Lipinski definition) is 2. The molecule has 0 radical (unpaired) electrons. The Balaban J connectivity index is 1.45. The number of amides is 2. The van der Waals surface area contributed by atoms with E-state index in [0.29, 0.717) is 34.5 Å². The Bertz CT molecular complexity index is 1720. The Morgan fingerprint density at radius 2 is 1.78 bits per heavy atom. The van der Waals surface area contributed by atoms with Gasteiger partial charge >= 0.3 is 5.97 Å². The Labute approximate surface area is 299 Å².